The monoisotopic (exact) mass is 381 g/mol. The lowest BCUT2D eigenvalue weighted by atomic mass is 10.1. The van der Waals surface area contributed by atoms with E-state index in [9.17, 15) is 4.79 Å². The number of rotatable bonds is 8. The van der Waals surface area contributed by atoms with Crippen LogP contribution in [-0.4, -0.2) is 11.1 Å². The summed E-state index contributed by atoms with van der Waals surface area (Å²) in [5.41, 5.74) is 3.30. The first-order valence-corrected chi connectivity index (χ1v) is 8.98. The van der Waals surface area contributed by atoms with E-state index in [1.807, 2.05) is 60.7 Å². The van der Waals surface area contributed by atoms with Crippen LogP contribution >= 0.6 is 11.6 Å². The third-order valence-electron chi connectivity index (χ3n) is 4.16. The standard InChI is InChI=1S/C22H20ClNO3/c23-20-7-3-1-6-19(20)15-27-21-8-4-2-5-18(21)14-24-13-16-9-11-17(12-10-16)22(25)26/h1-12,24H,13-15H2,(H,25,26). The van der Waals surface area contributed by atoms with Crippen LogP contribution in [0.1, 0.15) is 27.0 Å². The molecule has 3 rings (SSSR count). The summed E-state index contributed by atoms with van der Waals surface area (Å²) < 4.78 is 5.96. The van der Waals surface area contributed by atoms with Gasteiger partial charge in [-0.1, -0.05) is 60.1 Å². The van der Waals surface area contributed by atoms with Gasteiger partial charge >= 0.3 is 5.97 Å². The fraction of sp³-hybridized carbons (Fsp3) is 0.136. The number of hydrogen-bond acceptors (Lipinski definition) is 3. The molecule has 138 valence electrons. The number of aromatic carboxylic acids is 1. The third-order valence-corrected chi connectivity index (χ3v) is 4.53. The van der Waals surface area contributed by atoms with Crippen LogP contribution in [-0.2, 0) is 19.7 Å². The third kappa shape index (κ3) is 5.33. The Morgan fingerprint density at radius 3 is 2.26 bits per heavy atom. The van der Waals surface area contributed by atoms with E-state index in [2.05, 4.69) is 5.32 Å². The number of carbonyl (C=O) groups is 1. The largest absolute Gasteiger partial charge is 0.489 e. The first-order valence-electron chi connectivity index (χ1n) is 8.60. The van der Waals surface area contributed by atoms with Crippen LogP contribution in [0.3, 0.4) is 0 Å². The molecule has 4 nitrogen and oxygen atoms in total. The molecule has 27 heavy (non-hydrogen) atoms. The highest BCUT2D eigenvalue weighted by Gasteiger charge is 2.06. The molecule has 2 N–H and O–H groups in total. The number of halogens is 1. The Morgan fingerprint density at radius 1 is 0.889 bits per heavy atom. The maximum atomic E-state index is 10.9. The van der Waals surface area contributed by atoms with Crippen molar-refractivity contribution in [3.8, 4) is 5.75 Å². The van der Waals surface area contributed by atoms with E-state index >= 15 is 0 Å². The predicted octanol–water partition coefficient (Wildman–Crippen LogP) is 4.91. The molecule has 0 heterocycles. The molecule has 0 amide bonds. The number of carboxylic acids is 1. The van der Waals surface area contributed by atoms with Crippen LogP contribution in [0.2, 0.25) is 5.02 Å². The first kappa shape index (κ1) is 19.0. The second kappa shape index (κ2) is 9.21. The Morgan fingerprint density at radius 2 is 1.56 bits per heavy atom. The summed E-state index contributed by atoms with van der Waals surface area (Å²) in [5, 5.41) is 13.0. The van der Waals surface area contributed by atoms with E-state index in [1.54, 1.807) is 12.1 Å². The molecule has 3 aromatic rings. The summed E-state index contributed by atoms with van der Waals surface area (Å²) in [7, 11) is 0. The van der Waals surface area contributed by atoms with Crippen molar-refractivity contribution in [1.82, 2.24) is 5.32 Å². The summed E-state index contributed by atoms with van der Waals surface area (Å²) in [5.74, 6) is -0.106. The minimum atomic E-state index is -0.917. The summed E-state index contributed by atoms with van der Waals surface area (Å²) in [6.07, 6.45) is 0. The number of ether oxygens (including phenoxy) is 1. The maximum absolute atomic E-state index is 10.9. The molecule has 0 bridgehead atoms. The minimum Gasteiger partial charge on any atom is -0.489 e. The molecule has 5 heteroatoms. The van der Waals surface area contributed by atoms with Crippen LogP contribution in [0.15, 0.2) is 72.8 Å². The van der Waals surface area contributed by atoms with Gasteiger partial charge in [-0.3, -0.25) is 0 Å². The van der Waals surface area contributed by atoms with E-state index in [4.69, 9.17) is 21.4 Å². The lowest BCUT2D eigenvalue weighted by Gasteiger charge is -2.13. The van der Waals surface area contributed by atoms with E-state index in [-0.39, 0.29) is 5.56 Å². The van der Waals surface area contributed by atoms with Crippen molar-refractivity contribution in [2.75, 3.05) is 0 Å². The molecular weight excluding hydrogens is 362 g/mol. The Bertz CT molecular complexity index is 909. The number of benzene rings is 3. The first-order chi connectivity index (χ1) is 13.1. The number of hydrogen-bond donors (Lipinski definition) is 2. The quantitative estimate of drug-likeness (QED) is 0.582. The highest BCUT2D eigenvalue weighted by molar-refractivity contribution is 6.31. The van der Waals surface area contributed by atoms with Crippen molar-refractivity contribution in [3.05, 3.63) is 100 Å². The lowest BCUT2D eigenvalue weighted by molar-refractivity contribution is 0.0697. The van der Waals surface area contributed by atoms with Gasteiger partial charge in [0.15, 0.2) is 0 Å². The highest BCUT2D eigenvalue weighted by atomic mass is 35.5. The number of nitrogens with one attached hydrogen (secondary N) is 1. The van der Waals surface area contributed by atoms with Gasteiger partial charge < -0.3 is 15.2 Å². The SMILES string of the molecule is O=C(O)c1ccc(CNCc2ccccc2OCc2ccccc2Cl)cc1. The van der Waals surface area contributed by atoms with Crippen molar-refractivity contribution in [2.45, 2.75) is 19.7 Å². The topological polar surface area (TPSA) is 58.6 Å². The molecule has 0 atom stereocenters. The van der Waals surface area contributed by atoms with Crippen molar-refractivity contribution in [1.29, 1.82) is 0 Å². The van der Waals surface area contributed by atoms with Crippen molar-refractivity contribution >= 4 is 17.6 Å². The molecule has 0 fully saturated rings. The van der Waals surface area contributed by atoms with Crippen LogP contribution in [0.4, 0.5) is 0 Å². The Labute approximate surface area is 163 Å². The van der Waals surface area contributed by atoms with Gasteiger partial charge in [0.2, 0.25) is 0 Å². The summed E-state index contributed by atoms with van der Waals surface area (Å²) in [4.78, 5) is 10.9. The summed E-state index contributed by atoms with van der Waals surface area (Å²) in [6.45, 7) is 1.69. The maximum Gasteiger partial charge on any atom is 0.335 e. The normalized spacial score (nSPS) is 10.6. The molecule has 0 aromatic heterocycles. The van der Waals surface area contributed by atoms with E-state index in [0.29, 0.717) is 24.7 Å². The average molecular weight is 382 g/mol. The number of para-hydroxylation sites is 1. The molecule has 0 aliphatic carbocycles. The Kier molecular flexibility index (Phi) is 6.47. The zero-order valence-corrected chi connectivity index (χ0v) is 15.4. The van der Waals surface area contributed by atoms with Crippen molar-refractivity contribution < 1.29 is 14.6 Å². The minimum absolute atomic E-state index is 0.289. The second-order valence-corrected chi connectivity index (χ2v) is 6.50. The molecule has 0 unspecified atom stereocenters. The van der Waals surface area contributed by atoms with Crippen molar-refractivity contribution in [3.63, 3.8) is 0 Å². The zero-order valence-electron chi connectivity index (χ0n) is 14.7. The second-order valence-electron chi connectivity index (χ2n) is 6.09. The molecule has 0 radical (unpaired) electrons. The molecular formula is C22H20ClNO3. The summed E-state index contributed by atoms with van der Waals surface area (Å²) in [6, 6.07) is 22.4. The Balaban J connectivity index is 1.57. The molecule has 3 aromatic carbocycles. The van der Waals surface area contributed by atoms with Crippen LogP contribution in [0.25, 0.3) is 0 Å². The zero-order chi connectivity index (χ0) is 19.1. The van der Waals surface area contributed by atoms with Crippen LogP contribution < -0.4 is 10.1 Å². The Hall–Kier alpha value is -2.82. The van der Waals surface area contributed by atoms with Gasteiger partial charge in [0.25, 0.3) is 0 Å². The smallest absolute Gasteiger partial charge is 0.335 e. The molecule has 0 aliphatic rings. The highest BCUT2D eigenvalue weighted by Crippen LogP contribution is 2.22. The van der Waals surface area contributed by atoms with Crippen LogP contribution in [0, 0.1) is 0 Å². The van der Waals surface area contributed by atoms with Gasteiger partial charge in [-0.05, 0) is 29.8 Å². The molecule has 0 spiro atoms. The average Bonchev–Trinajstić information content (AvgIpc) is 2.69. The fourth-order valence-corrected chi connectivity index (χ4v) is 2.86. The van der Waals surface area contributed by atoms with E-state index < -0.39 is 5.97 Å². The summed E-state index contributed by atoms with van der Waals surface area (Å²) >= 11 is 6.18. The molecule has 0 saturated carbocycles. The van der Waals surface area contributed by atoms with Gasteiger partial charge in [0, 0.05) is 29.2 Å². The van der Waals surface area contributed by atoms with Crippen LogP contribution in [0.5, 0.6) is 5.75 Å². The van der Waals surface area contributed by atoms with Gasteiger partial charge in [-0.2, -0.15) is 0 Å². The molecule has 0 saturated heterocycles. The number of carboxylic acid groups (broad SMARTS) is 1. The van der Waals surface area contributed by atoms with E-state index in [0.717, 1.165) is 22.4 Å². The predicted molar refractivity (Wildman–Crippen MR) is 106 cm³/mol. The van der Waals surface area contributed by atoms with Gasteiger partial charge in [0.1, 0.15) is 12.4 Å². The van der Waals surface area contributed by atoms with Gasteiger partial charge in [-0.15, -0.1) is 0 Å². The molecule has 0 aliphatic heterocycles. The van der Waals surface area contributed by atoms with E-state index in [1.165, 1.54) is 0 Å². The lowest BCUT2D eigenvalue weighted by Crippen LogP contribution is -2.13. The van der Waals surface area contributed by atoms with Gasteiger partial charge in [0.05, 0.1) is 5.56 Å². The fourth-order valence-electron chi connectivity index (χ4n) is 2.67. The van der Waals surface area contributed by atoms with Gasteiger partial charge in [-0.25, -0.2) is 4.79 Å². The van der Waals surface area contributed by atoms with Crippen molar-refractivity contribution in [2.24, 2.45) is 0 Å².